The molecule has 1 aliphatic rings. The van der Waals surface area contributed by atoms with Gasteiger partial charge in [0.25, 0.3) is 0 Å². The second-order valence-electron chi connectivity index (χ2n) is 6.47. The molecule has 2 rings (SSSR count). The summed E-state index contributed by atoms with van der Waals surface area (Å²) in [6, 6.07) is 9.06. The van der Waals surface area contributed by atoms with Gasteiger partial charge in [-0.1, -0.05) is 31.2 Å². The fraction of sp³-hybridized carbons (Fsp3) is 0.647. The third-order valence-electron chi connectivity index (χ3n) is 4.55. The third-order valence-corrected chi connectivity index (χ3v) is 4.55. The minimum Gasteiger partial charge on any atom is -0.327 e. The Morgan fingerprint density at radius 3 is 2.74 bits per heavy atom. The van der Waals surface area contributed by atoms with E-state index >= 15 is 0 Å². The zero-order valence-electron chi connectivity index (χ0n) is 12.6. The van der Waals surface area contributed by atoms with Gasteiger partial charge in [0.1, 0.15) is 0 Å². The van der Waals surface area contributed by atoms with Crippen LogP contribution >= 0.6 is 0 Å². The van der Waals surface area contributed by atoms with E-state index in [2.05, 4.69) is 50.1 Å². The van der Waals surface area contributed by atoms with Crippen molar-refractivity contribution in [3.8, 4) is 0 Å². The average molecular weight is 260 g/mol. The first-order valence-electron chi connectivity index (χ1n) is 7.55. The van der Waals surface area contributed by atoms with Gasteiger partial charge in [-0.25, -0.2) is 0 Å². The van der Waals surface area contributed by atoms with Crippen LogP contribution in [0.25, 0.3) is 0 Å². The molecule has 1 aromatic carbocycles. The fourth-order valence-corrected chi connectivity index (χ4v) is 3.28. The van der Waals surface area contributed by atoms with E-state index in [1.807, 2.05) is 0 Å². The van der Waals surface area contributed by atoms with Crippen molar-refractivity contribution in [2.45, 2.75) is 45.7 Å². The van der Waals surface area contributed by atoms with Crippen molar-refractivity contribution in [2.24, 2.45) is 17.6 Å². The lowest BCUT2D eigenvalue weighted by atomic mass is 9.79. The van der Waals surface area contributed by atoms with Gasteiger partial charge in [-0.05, 0) is 56.2 Å². The molecule has 1 fully saturated rings. The highest BCUT2D eigenvalue weighted by Gasteiger charge is 2.26. The van der Waals surface area contributed by atoms with E-state index in [1.165, 1.54) is 30.4 Å². The predicted octanol–water partition coefficient (Wildman–Crippen LogP) is 3.19. The summed E-state index contributed by atoms with van der Waals surface area (Å²) in [7, 11) is 2.22. The Bertz CT molecular complexity index is 402. The summed E-state index contributed by atoms with van der Waals surface area (Å²) >= 11 is 0. The third kappa shape index (κ3) is 4.05. The van der Waals surface area contributed by atoms with Crippen molar-refractivity contribution in [3.63, 3.8) is 0 Å². The summed E-state index contributed by atoms with van der Waals surface area (Å²) in [5, 5.41) is 0. The number of hydrogen-bond acceptors (Lipinski definition) is 2. The zero-order valence-corrected chi connectivity index (χ0v) is 12.6. The Labute approximate surface area is 118 Å². The molecular formula is C17H28N2. The maximum Gasteiger partial charge on any atom is 0.0233 e. The summed E-state index contributed by atoms with van der Waals surface area (Å²) in [6.07, 6.45) is 3.79. The molecule has 1 aliphatic carbocycles. The van der Waals surface area contributed by atoms with E-state index in [1.54, 1.807) is 0 Å². The molecule has 2 heteroatoms. The largest absolute Gasteiger partial charge is 0.327 e. The van der Waals surface area contributed by atoms with E-state index in [0.717, 1.165) is 19.0 Å². The zero-order chi connectivity index (χ0) is 13.8. The minimum atomic E-state index is 0.399. The summed E-state index contributed by atoms with van der Waals surface area (Å²) in [5.41, 5.74) is 9.10. The second kappa shape index (κ2) is 6.53. The summed E-state index contributed by atoms with van der Waals surface area (Å²) in [4.78, 5) is 2.44. The lowest BCUT2D eigenvalue weighted by molar-refractivity contribution is 0.177. The molecule has 106 valence electrons. The number of nitrogens with zero attached hydrogens (tertiary/aromatic N) is 1. The normalized spacial score (nSPS) is 27.7. The van der Waals surface area contributed by atoms with Crippen molar-refractivity contribution < 1.29 is 0 Å². The fourth-order valence-electron chi connectivity index (χ4n) is 3.28. The molecule has 0 heterocycles. The molecule has 0 radical (unpaired) electrons. The number of aryl methyl sites for hydroxylation is 1. The van der Waals surface area contributed by atoms with E-state index in [4.69, 9.17) is 5.73 Å². The molecule has 0 amide bonds. The lowest BCUT2D eigenvalue weighted by Crippen LogP contribution is -2.41. The Morgan fingerprint density at radius 2 is 2.00 bits per heavy atom. The SMILES string of the molecule is Cc1ccccc1CN(C)CC1CC(C)CCC1N. The molecule has 2 nitrogen and oxygen atoms in total. The molecule has 0 bridgehead atoms. The van der Waals surface area contributed by atoms with Gasteiger partial charge in [-0.3, -0.25) is 0 Å². The molecule has 0 saturated heterocycles. The molecule has 1 aromatic rings. The van der Waals surface area contributed by atoms with Crippen LogP contribution in [0.4, 0.5) is 0 Å². The van der Waals surface area contributed by atoms with Crippen molar-refractivity contribution >= 4 is 0 Å². The van der Waals surface area contributed by atoms with Gasteiger partial charge in [-0.2, -0.15) is 0 Å². The second-order valence-corrected chi connectivity index (χ2v) is 6.47. The Morgan fingerprint density at radius 1 is 1.26 bits per heavy atom. The number of hydrogen-bond donors (Lipinski definition) is 1. The van der Waals surface area contributed by atoms with Crippen LogP contribution in [0.3, 0.4) is 0 Å². The Hall–Kier alpha value is -0.860. The molecule has 1 saturated carbocycles. The van der Waals surface area contributed by atoms with Crippen LogP contribution < -0.4 is 5.73 Å². The van der Waals surface area contributed by atoms with E-state index in [0.29, 0.717) is 12.0 Å². The van der Waals surface area contributed by atoms with Gasteiger partial charge in [-0.15, -0.1) is 0 Å². The van der Waals surface area contributed by atoms with Gasteiger partial charge in [0.05, 0.1) is 0 Å². The Kier molecular flexibility index (Phi) is 5.00. The maximum atomic E-state index is 6.29. The van der Waals surface area contributed by atoms with Gasteiger partial charge in [0.15, 0.2) is 0 Å². The first kappa shape index (κ1) is 14.5. The van der Waals surface area contributed by atoms with Crippen LogP contribution in [0.2, 0.25) is 0 Å². The molecule has 3 atom stereocenters. The van der Waals surface area contributed by atoms with Crippen LogP contribution in [-0.2, 0) is 6.54 Å². The topological polar surface area (TPSA) is 29.3 Å². The molecule has 0 aromatic heterocycles. The predicted molar refractivity (Wildman–Crippen MR) is 82.0 cm³/mol. The molecule has 19 heavy (non-hydrogen) atoms. The lowest BCUT2D eigenvalue weighted by Gasteiger charge is -2.35. The quantitative estimate of drug-likeness (QED) is 0.901. The van der Waals surface area contributed by atoms with Gasteiger partial charge >= 0.3 is 0 Å². The van der Waals surface area contributed by atoms with Crippen LogP contribution in [0.1, 0.15) is 37.3 Å². The van der Waals surface area contributed by atoms with Crippen molar-refractivity contribution in [1.29, 1.82) is 0 Å². The Balaban J connectivity index is 1.90. The number of benzene rings is 1. The van der Waals surface area contributed by atoms with Crippen molar-refractivity contribution in [2.75, 3.05) is 13.6 Å². The molecule has 3 unspecified atom stereocenters. The summed E-state index contributed by atoms with van der Waals surface area (Å²) in [5.74, 6) is 1.51. The molecular weight excluding hydrogens is 232 g/mol. The maximum absolute atomic E-state index is 6.29. The van der Waals surface area contributed by atoms with Crippen LogP contribution in [0.15, 0.2) is 24.3 Å². The standard InChI is InChI=1S/C17H28N2/c1-13-8-9-17(18)16(10-13)12-19(3)11-15-7-5-4-6-14(15)2/h4-7,13,16-17H,8-12,18H2,1-3H3. The first-order chi connectivity index (χ1) is 9.06. The van der Waals surface area contributed by atoms with E-state index in [-0.39, 0.29) is 0 Å². The van der Waals surface area contributed by atoms with E-state index in [9.17, 15) is 0 Å². The number of nitrogens with two attached hydrogens (primary N) is 1. The molecule has 0 spiro atoms. The van der Waals surface area contributed by atoms with Crippen LogP contribution in [0, 0.1) is 18.8 Å². The molecule has 0 aliphatic heterocycles. The van der Waals surface area contributed by atoms with Gasteiger partial charge in [0, 0.05) is 19.1 Å². The monoisotopic (exact) mass is 260 g/mol. The minimum absolute atomic E-state index is 0.399. The molecule has 2 N–H and O–H groups in total. The van der Waals surface area contributed by atoms with Gasteiger partial charge in [0.2, 0.25) is 0 Å². The van der Waals surface area contributed by atoms with E-state index < -0.39 is 0 Å². The highest BCUT2D eigenvalue weighted by Crippen LogP contribution is 2.28. The number of rotatable bonds is 4. The highest BCUT2D eigenvalue weighted by molar-refractivity contribution is 5.25. The highest BCUT2D eigenvalue weighted by atomic mass is 15.1. The summed E-state index contributed by atoms with van der Waals surface area (Å²) < 4.78 is 0. The average Bonchev–Trinajstić information content (AvgIpc) is 2.37. The smallest absolute Gasteiger partial charge is 0.0233 e. The first-order valence-corrected chi connectivity index (χ1v) is 7.55. The van der Waals surface area contributed by atoms with Crippen molar-refractivity contribution in [3.05, 3.63) is 35.4 Å². The van der Waals surface area contributed by atoms with Crippen LogP contribution in [0.5, 0.6) is 0 Å². The van der Waals surface area contributed by atoms with Crippen molar-refractivity contribution in [1.82, 2.24) is 4.90 Å². The summed E-state index contributed by atoms with van der Waals surface area (Å²) in [6.45, 7) is 6.71. The van der Waals surface area contributed by atoms with Crippen LogP contribution in [-0.4, -0.2) is 24.5 Å². The van der Waals surface area contributed by atoms with Gasteiger partial charge < -0.3 is 10.6 Å².